The fourth-order valence-electron chi connectivity index (χ4n) is 2.38. The van der Waals surface area contributed by atoms with Gasteiger partial charge in [-0.3, -0.25) is 0 Å². The van der Waals surface area contributed by atoms with Gasteiger partial charge in [0.1, 0.15) is 0 Å². The van der Waals surface area contributed by atoms with Crippen LogP contribution >= 0.6 is 0 Å². The number of benzene rings is 2. The molecule has 2 aromatic rings. The Balaban J connectivity index is 2.49. The van der Waals surface area contributed by atoms with E-state index >= 15 is 0 Å². The van der Waals surface area contributed by atoms with Crippen LogP contribution in [0.4, 0.5) is 11.4 Å². The van der Waals surface area contributed by atoms with Crippen LogP contribution in [0.3, 0.4) is 0 Å². The van der Waals surface area contributed by atoms with Crippen molar-refractivity contribution in [1.82, 2.24) is 0 Å². The molecule has 2 heteroatoms. The fourth-order valence-corrected chi connectivity index (χ4v) is 2.38. The summed E-state index contributed by atoms with van der Waals surface area (Å²) in [6.45, 7) is 4.33. The zero-order valence-corrected chi connectivity index (χ0v) is 11.7. The predicted octanol–water partition coefficient (Wildman–Crippen LogP) is 4.17. The summed E-state index contributed by atoms with van der Waals surface area (Å²) in [5.74, 6) is 0. The van der Waals surface area contributed by atoms with Crippen LogP contribution in [0.5, 0.6) is 0 Å². The molecule has 0 aromatic heterocycles. The molecule has 0 amide bonds. The van der Waals surface area contributed by atoms with Crippen molar-refractivity contribution in [1.29, 1.82) is 0 Å². The zero-order chi connectivity index (χ0) is 13.8. The number of nitrogens with two attached hydrogens (primary N) is 2. The van der Waals surface area contributed by atoms with Crippen molar-refractivity contribution in [3.63, 3.8) is 0 Å². The maximum Gasteiger partial charge on any atom is 0.0346 e. The lowest BCUT2D eigenvalue weighted by Crippen LogP contribution is -1.99. The van der Waals surface area contributed by atoms with Gasteiger partial charge < -0.3 is 11.5 Å². The van der Waals surface area contributed by atoms with Gasteiger partial charge in [0.25, 0.3) is 0 Å². The van der Waals surface area contributed by atoms with Gasteiger partial charge in [-0.05, 0) is 60.2 Å². The van der Waals surface area contributed by atoms with Crippen molar-refractivity contribution in [3.8, 4) is 11.1 Å². The van der Waals surface area contributed by atoms with Gasteiger partial charge in [0, 0.05) is 11.4 Å². The Labute approximate surface area is 115 Å². The van der Waals surface area contributed by atoms with Gasteiger partial charge in [0.05, 0.1) is 0 Å². The standard InChI is InChI=1S/C17H22N2/c1-3-4-5-15-12(2)17(19)11-10-16(15)13-6-8-14(18)9-7-13/h6-11H,3-5,18-19H2,1-2H3. The summed E-state index contributed by atoms with van der Waals surface area (Å²) in [5, 5.41) is 0. The lowest BCUT2D eigenvalue weighted by molar-refractivity contribution is 0.793. The van der Waals surface area contributed by atoms with E-state index in [1.807, 2.05) is 18.2 Å². The first-order valence-electron chi connectivity index (χ1n) is 6.87. The highest BCUT2D eigenvalue weighted by molar-refractivity contribution is 5.73. The third kappa shape index (κ3) is 2.90. The third-order valence-electron chi connectivity index (χ3n) is 3.64. The molecule has 0 aliphatic heterocycles. The molecule has 0 heterocycles. The van der Waals surface area contributed by atoms with Crippen molar-refractivity contribution in [2.45, 2.75) is 33.1 Å². The summed E-state index contributed by atoms with van der Waals surface area (Å²) in [7, 11) is 0. The molecule has 0 aliphatic carbocycles. The van der Waals surface area contributed by atoms with Gasteiger partial charge in [-0.15, -0.1) is 0 Å². The van der Waals surface area contributed by atoms with E-state index in [9.17, 15) is 0 Å². The average Bonchev–Trinajstić information content (AvgIpc) is 2.41. The Morgan fingerprint density at radius 3 is 2.26 bits per heavy atom. The molecule has 0 spiro atoms. The largest absolute Gasteiger partial charge is 0.399 e. The van der Waals surface area contributed by atoms with E-state index < -0.39 is 0 Å². The molecule has 0 saturated carbocycles. The Morgan fingerprint density at radius 2 is 1.63 bits per heavy atom. The maximum atomic E-state index is 6.04. The van der Waals surface area contributed by atoms with Gasteiger partial charge in [-0.1, -0.05) is 31.5 Å². The van der Waals surface area contributed by atoms with Crippen LogP contribution in [0.15, 0.2) is 36.4 Å². The molecule has 0 fully saturated rings. The van der Waals surface area contributed by atoms with Crippen LogP contribution in [-0.2, 0) is 6.42 Å². The lowest BCUT2D eigenvalue weighted by Gasteiger charge is -2.15. The second kappa shape index (κ2) is 5.79. The summed E-state index contributed by atoms with van der Waals surface area (Å²) in [5.41, 5.74) is 18.5. The summed E-state index contributed by atoms with van der Waals surface area (Å²) in [6.07, 6.45) is 3.45. The van der Waals surface area contributed by atoms with Gasteiger partial charge in [-0.2, -0.15) is 0 Å². The number of hydrogen-bond donors (Lipinski definition) is 2. The molecule has 2 nitrogen and oxygen atoms in total. The van der Waals surface area contributed by atoms with Crippen LogP contribution in [0.25, 0.3) is 11.1 Å². The third-order valence-corrected chi connectivity index (χ3v) is 3.64. The molecule has 4 N–H and O–H groups in total. The highest BCUT2D eigenvalue weighted by Crippen LogP contribution is 2.31. The maximum absolute atomic E-state index is 6.04. The van der Waals surface area contributed by atoms with Gasteiger partial charge in [-0.25, -0.2) is 0 Å². The monoisotopic (exact) mass is 254 g/mol. The minimum absolute atomic E-state index is 0.797. The number of hydrogen-bond acceptors (Lipinski definition) is 2. The van der Waals surface area contributed by atoms with Crippen LogP contribution in [0.2, 0.25) is 0 Å². The SMILES string of the molecule is CCCCc1c(-c2ccc(N)cc2)ccc(N)c1C. The second-order valence-corrected chi connectivity index (χ2v) is 5.03. The summed E-state index contributed by atoms with van der Waals surface area (Å²) < 4.78 is 0. The van der Waals surface area contributed by atoms with E-state index in [-0.39, 0.29) is 0 Å². The summed E-state index contributed by atoms with van der Waals surface area (Å²) in [6, 6.07) is 12.2. The van der Waals surface area contributed by atoms with E-state index in [1.165, 1.54) is 35.1 Å². The Hall–Kier alpha value is -1.96. The van der Waals surface area contributed by atoms with Gasteiger partial charge in [0.15, 0.2) is 0 Å². The Morgan fingerprint density at radius 1 is 0.947 bits per heavy atom. The van der Waals surface area contributed by atoms with Crippen molar-refractivity contribution in [2.75, 3.05) is 11.5 Å². The van der Waals surface area contributed by atoms with Crippen LogP contribution in [-0.4, -0.2) is 0 Å². The highest BCUT2D eigenvalue weighted by Gasteiger charge is 2.09. The first-order chi connectivity index (χ1) is 9.13. The first kappa shape index (κ1) is 13.5. The molecule has 2 rings (SSSR count). The summed E-state index contributed by atoms with van der Waals surface area (Å²) >= 11 is 0. The number of unbranched alkanes of at least 4 members (excludes halogenated alkanes) is 1. The highest BCUT2D eigenvalue weighted by atomic mass is 14.6. The molecule has 0 saturated heterocycles. The molecule has 0 atom stereocenters. The first-order valence-corrected chi connectivity index (χ1v) is 6.87. The molecule has 0 unspecified atom stereocenters. The molecule has 0 bridgehead atoms. The van der Waals surface area contributed by atoms with Gasteiger partial charge >= 0.3 is 0 Å². The lowest BCUT2D eigenvalue weighted by atomic mass is 9.91. The van der Waals surface area contributed by atoms with E-state index in [4.69, 9.17) is 11.5 Å². The van der Waals surface area contributed by atoms with Crippen molar-refractivity contribution in [3.05, 3.63) is 47.5 Å². The molecular weight excluding hydrogens is 232 g/mol. The minimum atomic E-state index is 0.797. The van der Waals surface area contributed by atoms with Crippen molar-refractivity contribution in [2.24, 2.45) is 0 Å². The summed E-state index contributed by atoms with van der Waals surface area (Å²) in [4.78, 5) is 0. The molecule has 100 valence electrons. The van der Waals surface area contributed by atoms with Crippen LogP contribution in [0.1, 0.15) is 30.9 Å². The van der Waals surface area contributed by atoms with Crippen LogP contribution in [0, 0.1) is 6.92 Å². The molecular formula is C17H22N2. The molecule has 2 aromatic carbocycles. The topological polar surface area (TPSA) is 52.0 Å². The number of nitrogen functional groups attached to an aromatic ring is 2. The van der Waals surface area contributed by atoms with E-state index in [0.29, 0.717) is 0 Å². The van der Waals surface area contributed by atoms with Crippen molar-refractivity contribution < 1.29 is 0 Å². The molecule has 19 heavy (non-hydrogen) atoms. The average molecular weight is 254 g/mol. The zero-order valence-electron chi connectivity index (χ0n) is 11.7. The van der Waals surface area contributed by atoms with E-state index in [1.54, 1.807) is 0 Å². The van der Waals surface area contributed by atoms with E-state index in [2.05, 4.69) is 32.0 Å². The van der Waals surface area contributed by atoms with Gasteiger partial charge in [0.2, 0.25) is 0 Å². The fraction of sp³-hybridized carbons (Fsp3) is 0.294. The van der Waals surface area contributed by atoms with E-state index in [0.717, 1.165) is 17.8 Å². The number of anilines is 2. The quantitative estimate of drug-likeness (QED) is 0.805. The molecule has 0 radical (unpaired) electrons. The minimum Gasteiger partial charge on any atom is -0.399 e. The Bertz CT molecular complexity index is 556. The Kier molecular flexibility index (Phi) is 4.10. The predicted molar refractivity (Wildman–Crippen MR) is 84.1 cm³/mol. The smallest absolute Gasteiger partial charge is 0.0346 e. The van der Waals surface area contributed by atoms with Crippen LogP contribution < -0.4 is 11.5 Å². The molecule has 0 aliphatic rings. The number of rotatable bonds is 4. The van der Waals surface area contributed by atoms with Crippen molar-refractivity contribution >= 4 is 11.4 Å². The normalized spacial score (nSPS) is 10.6. The second-order valence-electron chi connectivity index (χ2n) is 5.03.